The van der Waals surface area contributed by atoms with Crippen LogP contribution in [0.25, 0.3) is 0 Å². The molecule has 1 aromatic rings. The second-order valence-corrected chi connectivity index (χ2v) is 4.12. The monoisotopic (exact) mass is 207 g/mol. The molecule has 2 heterocycles. The van der Waals surface area contributed by atoms with E-state index in [1.165, 1.54) is 0 Å². The van der Waals surface area contributed by atoms with Crippen molar-refractivity contribution in [2.45, 2.75) is 32.2 Å². The first-order valence-electron chi connectivity index (χ1n) is 5.35. The highest BCUT2D eigenvalue weighted by molar-refractivity contribution is 5.20. The van der Waals surface area contributed by atoms with Crippen molar-refractivity contribution in [1.82, 2.24) is 9.97 Å². The fraction of sp³-hybridized carbons (Fsp3) is 0.636. The van der Waals surface area contributed by atoms with Gasteiger partial charge in [-0.2, -0.15) is 0 Å². The Labute approximate surface area is 89.9 Å². The van der Waals surface area contributed by atoms with Gasteiger partial charge >= 0.3 is 0 Å². The van der Waals surface area contributed by atoms with Gasteiger partial charge in [0.05, 0.1) is 6.61 Å². The Kier molecular flexibility index (Phi) is 2.98. The van der Waals surface area contributed by atoms with Gasteiger partial charge in [-0.1, -0.05) is 0 Å². The molecule has 2 N–H and O–H groups in total. The third kappa shape index (κ3) is 2.16. The number of hydrogen-bond donors (Lipinski definition) is 1. The summed E-state index contributed by atoms with van der Waals surface area (Å²) in [6.45, 7) is 5.50. The molecule has 15 heavy (non-hydrogen) atoms. The molecule has 4 nitrogen and oxygen atoms in total. The first-order chi connectivity index (χ1) is 7.18. The van der Waals surface area contributed by atoms with Gasteiger partial charge in [-0.3, -0.25) is 0 Å². The van der Waals surface area contributed by atoms with Crippen LogP contribution in [-0.2, 0) is 4.74 Å². The molecule has 1 fully saturated rings. The minimum atomic E-state index is -0.00104. The summed E-state index contributed by atoms with van der Waals surface area (Å²) in [4.78, 5) is 8.88. The highest BCUT2D eigenvalue weighted by Gasteiger charge is 2.21. The summed E-state index contributed by atoms with van der Waals surface area (Å²) in [5.41, 5.74) is 7.83. The standard InChI is InChI=1S/C11H17N3O/c1-7(12)10-5-13-11(14-8(10)2)9-3-4-15-6-9/h5,7,9H,3-4,6,12H2,1-2H3/t7-,9?/m1/s1. The lowest BCUT2D eigenvalue weighted by Crippen LogP contribution is -2.12. The molecule has 0 amide bonds. The maximum Gasteiger partial charge on any atom is 0.134 e. The molecule has 1 aliphatic rings. The zero-order valence-corrected chi connectivity index (χ0v) is 9.23. The second-order valence-electron chi connectivity index (χ2n) is 4.12. The molecule has 0 aromatic carbocycles. The van der Waals surface area contributed by atoms with Crippen molar-refractivity contribution in [2.24, 2.45) is 5.73 Å². The molecule has 0 aliphatic carbocycles. The summed E-state index contributed by atoms with van der Waals surface area (Å²) in [7, 11) is 0. The average molecular weight is 207 g/mol. The van der Waals surface area contributed by atoms with Gasteiger partial charge in [-0.05, 0) is 20.3 Å². The van der Waals surface area contributed by atoms with Crippen LogP contribution in [0.5, 0.6) is 0 Å². The van der Waals surface area contributed by atoms with Gasteiger partial charge in [-0.15, -0.1) is 0 Å². The van der Waals surface area contributed by atoms with E-state index in [-0.39, 0.29) is 6.04 Å². The number of hydrogen-bond acceptors (Lipinski definition) is 4. The third-order valence-corrected chi connectivity index (χ3v) is 2.82. The number of ether oxygens (including phenoxy) is 1. The predicted molar refractivity (Wildman–Crippen MR) is 57.5 cm³/mol. The smallest absolute Gasteiger partial charge is 0.134 e. The average Bonchev–Trinajstić information content (AvgIpc) is 2.69. The van der Waals surface area contributed by atoms with Crippen LogP contribution in [0, 0.1) is 6.92 Å². The molecule has 1 saturated heterocycles. The van der Waals surface area contributed by atoms with Crippen molar-refractivity contribution in [3.63, 3.8) is 0 Å². The van der Waals surface area contributed by atoms with Crippen molar-refractivity contribution >= 4 is 0 Å². The van der Waals surface area contributed by atoms with E-state index < -0.39 is 0 Å². The van der Waals surface area contributed by atoms with Gasteiger partial charge in [0.1, 0.15) is 5.82 Å². The van der Waals surface area contributed by atoms with E-state index in [0.717, 1.165) is 36.7 Å². The van der Waals surface area contributed by atoms with Gasteiger partial charge in [-0.25, -0.2) is 9.97 Å². The van der Waals surface area contributed by atoms with Crippen LogP contribution < -0.4 is 5.73 Å². The van der Waals surface area contributed by atoms with E-state index in [9.17, 15) is 0 Å². The van der Waals surface area contributed by atoms with E-state index in [1.807, 2.05) is 20.0 Å². The van der Waals surface area contributed by atoms with Crippen molar-refractivity contribution < 1.29 is 4.74 Å². The van der Waals surface area contributed by atoms with Gasteiger partial charge < -0.3 is 10.5 Å². The van der Waals surface area contributed by atoms with Crippen molar-refractivity contribution in [1.29, 1.82) is 0 Å². The predicted octanol–water partition coefficient (Wildman–Crippen LogP) is 1.31. The SMILES string of the molecule is Cc1nc(C2CCOC2)ncc1[C@@H](C)N. The largest absolute Gasteiger partial charge is 0.381 e. The molecule has 0 saturated carbocycles. The quantitative estimate of drug-likeness (QED) is 0.794. The van der Waals surface area contributed by atoms with Crippen LogP contribution in [0.2, 0.25) is 0 Å². The third-order valence-electron chi connectivity index (χ3n) is 2.82. The van der Waals surface area contributed by atoms with Crippen molar-refractivity contribution in [2.75, 3.05) is 13.2 Å². The highest BCUT2D eigenvalue weighted by atomic mass is 16.5. The minimum Gasteiger partial charge on any atom is -0.381 e. The van der Waals surface area contributed by atoms with Crippen LogP contribution in [0.4, 0.5) is 0 Å². The van der Waals surface area contributed by atoms with Gasteiger partial charge in [0.2, 0.25) is 0 Å². The second kappa shape index (κ2) is 4.24. The summed E-state index contributed by atoms with van der Waals surface area (Å²) in [6.07, 6.45) is 2.87. The molecule has 1 aliphatic heterocycles. The maximum absolute atomic E-state index is 5.81. The normalized spacial score (nSPS) is 23.0. The van der Waals surface area contributed by atoms with Crippen molar-refractivity contribution in [3.05, 3.63) is 23.3 Å². The zero-order valence-electron chi connectivity index (χ0n) is 9.23. The van der Waals surface area contributed by atoms with Crippen molar-refractivity contribution in [3.8, 4) is 0 Å². The molecule has 1 unspecified atom stereocenters. The Bertz CT molecular complexity index is 346. The van der Waals surface area contributed by atoms with E-state index in [2.05, 4.69) is 9.97 Å². The number of nitrogens with two attached hydrogens (primary N) is 1. The Morgan fingerprint density at radius 2 is 2.40 bits per heavy atom. The first kappa shape index (κ1) is 10.5. The molecule has 0 radical (unpaired) electrons. The molecule has 2 rings (SSSR count). The number of rotatable bonds is 2. The molecular formula is C11H17N3O. The number of aromatic nitrogens is 2. The highest BCUT2D eigenvalue weighted by Crippen LogP contribution is 2.23. The summed E-state index contributed by atoms with van der Waals surface area (Å²) in [6, 6.07) is -0.00104. The number of aryl methyl sites for hydroxylation is 1. The minimum absolute atomic E-state index is 0.00104. The fourth-order valence-electron chi connectivity index (χ4n) is 1.88. The lowest BCUT2D eigenvalue weighted by molar-refractivity contribution is 0.193. The Morgan fingerprint density at radius 1 is 1.60 bits per heavy atom. The maximum atomic E-state index is 5.81. The summed E-state index contributed by atoms with van der Waals surface area (Å²) < 4.78 is 5.32. The van der Waals surface area contributed by atoms with Crippen LogP contribution in [0.1, 0.15) is 42.4 Å². The van der Waals surface area contributed by atoms with Crippen LogP contribution in [0.3, 0.4) is 0 Å². The molecule has 2 atom stereocenters. The van der Waals surface area contributed by atoms with E-state index in [1.54, 1.807) is 0 Å². The Hall–Kier alpha value is -1.00. The Morgan fingerprint density at radius 3 is 2.93 bits per heavy atom. The summed E-state index contributed by atoms with van der Waals surface area (Å²) >= 11 is 0. The van der Waals surface area contributed by atoms with E-state index >= 15 is 0 Å². The van der Waals surface area contributed by atoms with Crippen LogP contribution >= 0.6 is 0 Å². The molecule has 0 spiro atoms. The molecule has 4 heteroatoms. The lowest BCUT2D eigenvalue weighted by atomic mass is 10.1. The molecular weight excluding hydrogens is 190 g/mol. The van der Waals surface area contributed by atoms with Gasteiger partial charge in [0.25, 0.3) is 0 Å². The van der Waals surface area contributed by atoms with Gasteiger partial charge in [0, 0.05) is 36.0 Å². The molecule has 82 valence electrons. The topological polar surface area (TPSA) is 61.0 Å². The Balaban J connectivity index is 2.24. The first-order valence-corrected chi connectivity index (χ1v) is 5.35. The van der Waals surface area contributed by atoms with E-state index in [4.69, 9.17) is 10.5 Å². The summed E-state index contributed by atoms with van der Waals surface area (Å²) in [5, 5.41) is 0. The number of nitrogens with zero attached hydrogens (tertiary/aromatic N) is 2. The van der Waals surface area contributed by atoms with E-state index in [0.29, 0.717) is 5.92 Å². The molecule has 0 bridgehead atoms. The molecule has 1 aromatic heterocycles. The van der Waals surface area contributed by atoms with Crippen LogP contribution in [0.15, 0.2) is 6.20 Å². The van der Waals surface area contributed by atoms with Gasteiger partial charge in [0.15, 0.2) is 0 Å². The van der Waals surface area contributed by atoms with Crippen LogP contribution in [-0.4, -0.2) is 23.2 Å². The fourth-order valence-corrected chi connectivity index (χ4v) is 1.88. The summed E-state index contributed by atoms with van der Waals surface area (Å²) in [5.74, 6) is 1.26. The zero-order chi connectivity index (χ0) is 10.8. The lowest BCUT2D eigenvalue weighted by Gasteiger charge is -2.11.